The molecule has 0 radical (unpaired) electrons. The van der Waals surface area contributed by atoms with Crippen molar-refractivity contribution in [3.8, 4) is 0 Å². The van der Waals surface area contributed by atoms with Gasteiger partial charge < -0.3 is 20.9 Å². The Morgan fingerprint density at radius 2 is 2.08 bits per heavy atom. The number of piperidine rings is 1. The summed E-state index contributed by atoms with van der Waals surface area (Å²) in [5.41, 5.74) is 6.35. The predicted molar refractivity (Wildman–Crippen MR) is 103 cm³/mol. The maximum Gasteiger partial charge on any atom is 0.292 e. The Hall–Kier alpha value is -1.76. The maximum atomic E-state index is 12.4. The quantitative estimate of drug-likeness (QED) is 0.755. The SMILES string of the molecule is CC1(CN)CCN(c2ncc(Nc3cccc(Cl)c3Cl)[nH]c2=O)CC1. The molecule has 134 valence electrons. The molecule has 2 heterocycles. The summed E-state index contributed by atoms with van der Waals surface area (Å²) in [7, 11) is 0. The largest absolute Gasteiger partial charge is 0.352 e. The number of halogens is 2. The van der Waals surface area contributed by atoms with Crippen LogP contribution < -0.4 is 21.5 Å². The highest BCUT2D eigenvalue weighted by atomic mass is 35.5. The number of anilines is 3. The van der Waals surface area contributed by atoms with E-state index in [1.165, 1.54) is 0 Å². The highest BCUT2D eigenvalue weighted by Crippen LogP contribution is 2.32. The van der Waals surface area contributed by atoms with Crippen LogP contribution >= 0.6 is 23.2 Å². The van der Waals surface area contributed by atoms with E-state index < -0.39 is 0 Å². The van der Waals surface area contributed by atoms with Crippen molar-refractivity contribution >= 4 is 40.5 Å². The molecule has 25 heavy (non-hydrogen) atoms. The molecule has 0 atom stereocenters. The van der Waals surface area contributed by atoms with E-state index in [4.69, 9.17) is 28.9 Å². The standard InChI is InChI=1S/C17H21Cl2N5O/c1-17(10-20)5-7-24(8-6-17)15-16(25)23-13(9-21-15)22-12-4-2-3-11(18)14(12)19/h2-4,9H,5-8,10,20H2,1H3,(H2,22,23,25). The molecule has 0 unspecified atom stereocenters. The molecule has 1 aromatic heterocycles. The van der Waals surface area contributed by atoms with Gasteiger partial charge in [-0.05, 0) is 36.9 Å². The fourth-order valence-electron chi connectivity index (χ4n) is 2.89. The minimum Gasteiger partial charge on any atom is -0.352 e. The summed E-state index contributed by atoms with van der Waals surface area (Å²) >= 11 is 12.1. The van der Waals surface area contributed by atoms with Gasteiger partial charge in [-0.15, -0.1) is 0 Å². The van der Waals surface area contributed by atoms with E-state index in [9.17, 15) is 4.79 Å². The normalized spacial score (nSPS) is 16.7. The smallest absolute Gasteiger partial charge is 0.292 e. The lowest BCUT2D eigenvalue weighted by atomic mass is 9.80. The van der Waals surface area contributed by atoms with Crippen molar-refractivity contribution < 1.29 is 0 Å². The van der Waals surface area contributed by atoms with Crippen LogP contribution in [0.3, 0.4) is 0 Å². The van der Waals surface area contributed by atoms with Crippen molar-refractivity contribution in [1.29, 1.82) is 0 Å². The zero-order valence-corrected chi connectivity index (χ0v) is 15.5. The van der Waals surface area contributed by atoms with Crippen molar-refractivity contribution in [2.45, 2.75) is 19.8 Å². The Morgan fingerprint density at radius 3 is 2.72 bits per heavy atom. The van der Waals surface area contributed by atoms with Gasteiger partial charge in [-0.1, -0.05) is 36.2 Å². The Labute approximate surface area is 156 Å². The summed E-state index contributed by atoms with van der Waals surface area (Å²) in [4.78, 5) is 21.6. The maximum absolute atomic E-state index is 12.4. The van der Waals surface area contributed by atoms with E-state index in [1.807, 2.05) is 4.90 Å². The molecule has 1 fully saturated rings. The van der Waals surface area contributed by atoms with Gasteiger partial charge in [0, 0.05) is 13.1 Å². The third-order valence-electron chi connectivity index (χ3n) is 4.75. The van der Waals surface area contributed by atoms with Crippen LogP contribution in [0.5, 0.6) is 0 Å². The first-order valence-electron chi connectivity index (χ1n) is 8.17. The summed E-state index contributed by atoms with van der Waals surface area (Å²) < 4.78 is 0. The molecule has 1 saturated heterocycles. The number of nitrogens with two attached hydrogens (primary N) is 1. The summed E-state index contributed by atoms with van der Waals surface area (Å²) in [5.74, 6) is 0.892. The molecule has 1 aliphatic heterocycles. The first-order chi connectivity index (χ1) is 11.9. The first-order valence-corrected chi connectivity index (χ1v) is 8.93. The van der Waals surface area contributed by atoms with Gasteiger partial charge in [-0.25, -0.2) is 4.98 Å². The molecular formula is C17H21Cl2N5O. The Morgan fingerprint density at radius 1 is 1.36 bits per heavy atom. The third-order valence-corrected chi connectivity index (χ3v) is 5.57. The lowest BCUT2D eigenvalue weighted by molar-refractivity contribution is 0.257. The van der Waals surface area contributed by atoms with Gasteiger partial charge in [-0.3, -0.25) is 4.79 Å². The van der Waals surface area contributed by atoms with Gasteiger partial charge in [0.2, 0.25) is 0 Å². The van der Waals surface area contributed by atoms with Crippen LogP contribution in [0.15, 0.2) is 29.2 Å². The summed E-state index contributed by atoms with van der Waals surface area (Å²) in [6.45, 7) is 4.39. The second-order valence-corrected chi connectivity index (χ2v) is 7.46. The van der Waals surface area contributed by atoms with Crippen molar-refractivity contribution in [3.05, 3.63) is 44.8 Å². The summed E-state index contributed by atoms with van der Waals surface area (Å²) in [6, 6.07) is 5.25. The molecule has 0 bridgehead atoms. The number of H-pyrrole nitrogens is 1. The van der Waals surface area contributed by atoms with Crippen LogP contribution in [-0.4, -0.2) is 29.6 Å². The molecule has 6 nitrogen and oxygen atoms in total. The minimum atomic E-state index is -0.237. The lowest BCUT2D eigenvalue weighted by Gasteiger charge is -2.38. The van der Waals surface area contributed by atoms with E-state index >= 15 is 0 Å². The van der Waals surface area contributed by atoms with Crippen LogP contribution in [0.25, 0.3) is 0 Å². The van der Waals surface area contributed by atoms with Gasteiger partial charge in [-0.2, -0.15) is 0 Å². The van der Waals surface area contributed by atoms with Crippen molar-refractivity contribution in [2.24, 2.45) is 11.1 Å². The van der Waals surface area contributed by atoms with E-state index in [1.54, 1.807) is 24.4 Å². The lowest BCUT2D eigenvalue weighted by Crippen LogP contribution is -2.44. The number of aromatic nitrogens is 2. The van der Waals surface area contributed by atoms with E-state index in [-0.39, 0.29) is 11.0 Å². The highest BCUT2D eigenvalue weighted by molar-refractivity contribution is 6.43. The fraction of sp³-hybridized carbons (Fsp3) is 0.412. The van der Waals surface area contributed by atoms with Crippen molar-refractivity contribution in [1.82, 2.24) is 9.97 Å². The number of hydrogen-bond acceptors (Lipinski definition) is 5. The second-order valence-electron chi connectivity index (χ2n) is 6.68. The van der Waals surface area contributed by atoms with E-state index in [0.717, 1.165) is 25.9 Å². The summed E-state index contributed by atoms with van der Waals surface area (Å²) in [5, 5.41) is 3.87. The molecule has 8 heteroatoms. The summed E-state index contributed by atoms with van der Waals surface area (Å²) in [6.07, 6.45) is 3.48. The highest BCUT2D eigenvalue weighted by Gasteiger charge is 2.30. The zero-order valence-electron chi connectivity index (χ0n) is 14.0. The number of hydrogen-bond donors (Lipinski definition) is 3. The Balaban J connectivity index is 1.76. The second kappa shape index (κ2) is 7.23. The average Bonchev–Trinajstić information content (AvgIpc) is 2.60. The zero-order chi connectivity index (χ0) is 18.0. The van der Waals surface area contributed by atoms with Crippen LogP contribution in [0, 0.1) is 5.41 Å². The average molecular weight is 382 g/mol. The Bertz CT molecular complexity index is 815. The van der Waals surface area contributed by atoms with E-state index in [2.05, 4.69) is 22.2 Å². The molecule has 4 N–H and O–H groups in total. The van der Waals surface area contributed by atoms with Crippen LogP contribution in [-0.2, 0) is 0 Å². The number of rotatable bonds is 4. The monoisotopic (exact) mass is 381 g/mol. The van der Waals surface area contributed by atoms with Gasteiger partial charge in [0.1, 0.15) is 5.82 Å². The number of aromatic amines is 1. The molecular weight excluding hydrogens is 361 g/mol. The van der Waals surface area contributed by atoms with Crippen LogP contribution in [0.4, 0.5) is 17.3 Å². The molecule has 1 aromatic carbocycles. The van der Waals surface area contributed by atoms with Gasteiger partial charge in [0.05, 0.1) is 21.9 Å². The van der Waals surface area contributed by atoms with Crippen LogP contribution in [0.1, 0.15) is 19.8 Å². The molecule has 0 saturated carbocycles. The third kappa shape index (κ3) is 3.92. The number of benzene rings is 1. The van der Waals surface area contributed by atoms with Crippen molar-refractivity contribution in [3.63, 3.8) is 0 Å². The molecule has 0 spiro atoms. The Kier molecular flexibility index (Phi) is 5.22. The predicted octanol–water partition coefficient (Wildman–Crippen LogP) is 3.39. The molecule has 1 aliphatic rings. The topological polar surface area (TPSA) is 87.0 Å². The number of nitrogens with zero attached hydrogens (tertiary/aromatic N) is 2. The van der Waals surface area contributed by atoms with Gasteiger partial charge in [0.15, 0.2) is 5.82 Å². The van der Waals surface area contributed by atoms with Gasteiger partial charge in [0.25, 0.3) is 5.56 Å². The molecule has 0 aliphatic carbocycles. The van der Waals surface area contributed by atoms with Gasteiger partial charge >= 0.3 is 0 Å². The molecule has 3 rings (SSSR count). The fourth-order valence-corrected chi connectivity index (χ4v) is 3.24. The van der Waals surface area contributed by atoms with E-state index in [0.29, 0.717) is 33.9 Å². The molecule has 0 amide bonds. The van der Waals surface area contributed by atoms with Crippen molar-refractivity contribution in [2.75, 3.05) is 29.9 Å². The minimum absolute atomic E-state index is 0.147. The number of nitrogens with one attached hydrogen (secondary N) is 2. The molecule has 2 aromatic rings. The first kappa shape index (κ1) is 18.0. The van der Waals surface area contributed by atoms with Crippen LogP contribution in [0.2, 0.25) is 10.0 Å².